The number of carbonyl (C=O) groups is 2. The van der Waals surface area contributed by atoms with Crippen LogP contribution in [0.1, 0.15) is 26.2 Å². The zero-order valence-electron chi connectivity index (χ0n) is 8.66. The van der Waals surface area contributed by atoms with Gasteiger partial charge in [0, 0.05) is 19.6 Å². The Labute approximate surface area is 84.7 Å². The fourth-order valence-corrected chi connectivity index (χ4v) is 1.85. The highest BCUT2D eigenvalue weighted by Gasteiger charge is 2.28. The van der Waals surface area contributed by atoms with Crippen molar-refractivity contribution in [2.24, 2.45) is 5.41 Å². The summed E-state index contributed by atoms with van der Waals surface area (Å²) in [7, 11) is 0. The van der Waals surface area contributed by atoms with E-state index in [1.807, 2.05) is 4.90 Å². The number of likely N-dealkylation sites (tertiary alicyclic amines) is 1. The number of carbonyl (C=O) groups excluding carboxylic acids is 2. The Hall–Kier alpha value is -1.06. The van der Waals surface area contributed by atoms with Gasteiger partial charge in [0.2, 0.25) is 12.8 Å². The van der Waals surface area contributed by atoms with E-state index in [2.05, 4.69) is 12.2 Å². The first-order valence-electron chi connectivity index (χ1n) is 5.06. The highest BCUT2D eigenvalue weighted by Crippen LogP contribution is 2.33. The van der Waals surface area contributed by atoms with Gasteiger partial charge in [0.25, 0.3) is 0 Å². The summed E-state index contributed by atoms with van der Waals surface area (Å²) in [6.45, 7) is 4.66. The molecule has 1 saturated heterocycles. The van der Waals surface area contributed by atoms with Crippen molar-refractivity contribution in [3.63, 3.8) is 0 Å². The SMILES string of the molecule is CC1(CCNC=O)CCN(C=O)CC1. The molecule has 14 heavy (non-hydrogen) atoms. The zero-order valence-corrected chi connectivity index (χ0v) is 8.66. The van der Waals surface area contributed by atoms with Gasteiger partial charge in [-0.25, -0.2) is 0 Å². The third kappa shape index (κ3) is 3.01. The molecule has 1 aliphatic rings. The molecule has 0 spiro atoms. The molecule has 1 fully saturated rings. The average molecular weight is 198 g/mol. The Kier molecular flexibility index (Phi) is 3.92. The highest BCUT2D eigenvalue weighted by molar-refractivity contribution is 5.47. The van der Waals surface area contributed by atoms with Crippen molar-refractivity contribution in [1.82, 2.24) is 10.2 Å². The molecule has 1 N–H and O–H groups in total. The molecule has 0 saturated carbocycles. The third-order valence-corrected chi connectivity index (χ3v) is 3.11. The molecule has 1 aliphatic heterocycles. The van der Waals surface area contributed by atoms with Crippen LogP contribution in [0, 0.1) is 5.41 Å². The quantitative estimate of drug-likeness (QED) is 0.513. The molecular weight excluding hydrogens is 180 g/mol. The minimum atomic E-state index is 0.287. The minimum absolute atomic E-state index is 0.287. The molecule has 0 aromatic heterocycles. The van der Waals surface area contributed by atoms with Crippen LogP contribution in [0.2, 0.25) is 0 Å². The van der Waals surface area contributed by atoms with Crippen LogP contribution in [0.4, 0.5) is 0 Å². The van der Waals surface area contributed by atoms with E-state index in [0.29, 0.717) is 0 Å². The van der Waals surface area contributed by atoms with Gasteiger partial charge >= 0.3 is 0 Å². The molecular formula is C10H18N2O2. The van der Waals surface area contributed by atoms with Crippen molar-refractivity contribution in [3.8, 4) is 0 Å². The Balaban J connectivity index is 2.29. The van der Waals surface area contributed by atoms with E-state index in [1.165, 1.54) is 0 Å². The van der Waals surface area contributed by atoms with E-state index >= 15 is 0 Å². The maximum absolute atomic E-state index is 10.5. The number of hydrogen-bond acceptors (Lipinski definition) is 2. The van der Waals surface area contributed by atoms with Crippen LogP contribution < -0.4 is 5.32 Å². The molecule has 0 unspecified atom stereocenters. The van der Waals surface area contributed by atoms with E-state index in [9.17, 15) is 9.59 Å². The summed E-state index contributed by atoms with van der Waals surface area (Å²) in [5.41, 5.74) is 0.287. The summed E-state index contributed by atoms with van der Waals surface area (Å²) in [5.74, 6) is 0. The molecule has 0 radical (unpaired) electrons. The molecule has 0 atom stereocenters. The summed E-state index contributed by atoms with van der Waals surface area (Å²) in [6, 6.07) is 0. The summed E-state index contributed by atoms with van der Waals surface area (Å²) in [5, 5.41) is 2.68. The third-order valence-electron chi connectivity index (χ3n) is 3.11. The molecule has 0 bridgehead atoms. The van der Waals surface area contributed by atoms with Crippen LogP contribution in [-0.4, -0.2) is 37.4 Å². The fraction of sp³-hybridized carbons (Fsp3) is 0.800. The second kappa shape index (κ2) is 4.98. The standard InChI is InChI=1S/C10H18N2O2/c1-10(2-5-11-8-13)3-6-12(9-14)7-4-10/h8-9H,2-7H2,1H3,(H,11,13). The van der Waals surface area contributed by atoms with Crippen molar-refractivity contribution in [1.29, 1.82) is 0 Å². The van der Waals surface area contributed by atoms with Gasteiger partial charge in [0.05, 0.1) is 0 Å². The number of nitrogens with zero attached hydrogens (tertiary/aromatic N) is 1. The predicted molar refractivity (Wildman–Crippen MR) is 53.7 cm³/mol. The van der Waals surface area contributed by atoms with Crippen LogP contribution >= 0.6 is 0 Å². The van der Waals surface area contributed by atoms with Crippen LogP contribution in [-0.2, 0) is 9.59 Å². The van der Waals surface area contributed by atoms with Crippen LogP contribution in [0.5, 0.6) is 0 Å². The Morgan fingerprint density at radius 1 is 1.36 bits per heavy atom. The monoisotopic (exact) mass is 198 g/mol. The normalized spacial score (nSPS) is 20.2. The summed E-state index contributed by atoms with van der Waals surface area (Å²) >= 11 is 0. The second-order valence-electron chi connectivity index (χ2n) is 4.27. The Morgan fingerprint density at radius 3 is 2.50 bits per heavy atom. The molecule has 80 valence electrons. The molecule has 1 rings (SSSR count). The molecule has 1 heterocycles. The molecule has 2 amide bonds. The molecule has 4 heteroatoms. The Morgan fingerprint density at radius 2 is 2.00 bits per heavy atom. The first-order chi connectivity index (χ1) is 6.70. The fourth-order valence-electron chi connectivity index (χ4n) is 1.85. The van der Waals surface area contributed by atoms with Crippen molar-refractivity contribution < 1.29 is 9.59 Å². The van der Waals surface area contributed by atoms with Gasteiger partial charge in [-0.1, -0.05) is 6.92 Å². The minimum Gasteiger partial charge on any atom is -0.359 e. The zero-order chi connectivity index (χ0) is 10.4. The van der Waals surface area contributed by atoms with Crippen molar-refractivity contribution in [2.45, 2.75) is 26.2 Å². The lowest BCUT2D eigenvalue weighted by Crippen LogP contribution is -2.39. The van der Waals surface area contributed by atoms with Gasteiger partial charge < -0.3 is 10.2 Å². The number of hydrogen-bond donors (Lipinski definition) is 1. The second-order valence-corrected chi connectivity index (χ2v) is 4.27. The summed E-state index contributed by atoms with van der Waals surface area (Å²) in [4.78, 5) is 22.4. The van der Waals surface area contributed by atoms with E-state index in [4.69, 9.17) is 0 Å². The van der Waals surface area contributed by atoms with E-state index < -0.39 is 0 Å². The van der Waals surface area contributed by atoms with E-state index in [0.717, 1.165) is 51.7 Å². The van der Waals surface area contributed by atoms with Gasteiger partial charge in [0.15, 0.2) is 0 Å². The molecule has 0 aromatic carbocycles. The van der Waals surface area contributed by atoms with Crippen LogP contribution in [0.15, 0.2) is 0 Å². The topological polar surface area (TPSA) is 49.4 Å². The van der Waals surface area contributed by atoms with Gasteiger partial charge in [0.1, 0.15) is 0 Å². The van der Waals surface area contributed by atoms with E-state index in [1.54, 1.807) is 0 Å². The maximum atomic E-state index is 10.5. The van der Waals surface area contributed by atoms with Gasteiger partial charge in [-0.3, -0.25) is 9.59 Å². The molecule has 0 aromatic rings. The average Bonchev–Trinajstić information content (AvgIpc) is 2.19. The lowest BCUT2D eigenvalue weighted by molar-refractivity contribution is -0.120. The molecule has 0 aliphatic carbocycles. The van der Waals surface area contributed by atoms with Crippen molar-refractivity contribution in [2.75, 3.05) is 19.6 Å². The largest absolute Gasteiger partial charge is 0.359 e. The van der Waals surface area contributed by atoms with Gasteiger partial charge in [-0.15, -0.1) is 0 Å². The van der Waals surface area contributed by atoms with Crippen LogP contribution in [0.3, 0.4) is 0 Å². The number of rotatable bonds is 5. The number of nitrogens with one attached hydrogen (secondary N) is 1. The van der Waals surface area contributed by atoms with Gasteiger partial charge in [-0.2, -0.15) is 0 Å². The number of piperidine rings is 1. The maximum Gasteiger partial charge on any atom is 0.209 e. The first-order valence-corrected chi connectivity index (χ1v) is 5.06. The van der Waals surface area contributed by atoms with Crippen molar-refractivity contribution in [3.05, 3.63) is 0 Å². The number of amides is 2. The lowest BCUT2D eigenvalue weighted by Gasteiger charge is -2.37. The van der Waals surface area contributed by atoms with Crippen molar-refractivity contribution >= 4 is 12.8 Å². The van der Waals surface area contributed by atoms with Gasteiger partial charge in [-0.05, 0) is 24.7 Å². The predicted octanol–water partition coefficient (Wildman–Crippen LogP) is 0.381. The molecule has 4 nitrogen and oxygen atoms in total. The van der Waals surface area contributed by atoms with E-state index in [-0.39, 0.29) is 5.41 Å². The smallest absolute Gasteiger partial charge is 0.209 e. The lowest BCUT2D eigenvalue weighted by atomic mass is 9.78. The highest BCUT2D eigenvalue weighted by atomic mass is 16.1. The van der Waals surface area contributed by atoms with Crippen LogP contribution in [0.25, 0.3) is 0 Å². The Bertz CT molecular complexity index is 193. The first kappa shape index (κ1) is 11.0. The summed E-state index contributed by atoms with van der Waals surface area (Å²) < 4.78 is 0. The summed E-state index contributed by atoms with van der Waals surface area (Å²) in [6.07, 6.45) is 4.73.